The van der Waals surface area contributed by atoms with Gasteiger partial charge in [-0.3, -0.25) is 14.9 Å². The number of non-ortho nitro benzene ring substituents is 1. The van der Waals surface area contributed by atoms with E-state index >= 15 is 0 Å². The number of hydrogen-bond acceptors (Lipinski definition) is 6. The molecule has 0 radical (unpaired) electrons. The minimum atomic E-state index is -0.562. The summed E-state index contributed by atoms with van der Waals surface area (Å²) in [5.74, 6) is 0.787. The lowest BCUT2D eigenvalue weighted by Gasteiger charge is -2.13. The van der Waals surface area contributed by atoms with Crippen molar-refractivity contribution in [2.24, 2.45) is 5.10 Å². The van der Waals surface area contributed by atoms with Gasteiger partial charge in [0.2, 0.25) is 0 Å². The number of hydrazone groups is 1. The van der Waals surface area contributed by atoms with Gasteiger partial charge in [-0.05, 0) is 66.9 Å². The normalized spacial score (nSPS) is 10.8. The SMILES string of the molecule is COc1ccc(/C=N\NC(=O)c2cccc([N+](=O)[O-])c2)cc1COc1cc(C)c(Cl)c(C)c1. The van der Waals surface area contributed by atoms with Crippen LogP contribution in [0, 0.1) is 24.0 Å². The van der Waals surface area contributed by atoms with Crippen LogP contribution in [0.2, 0.25) is 5.02 Å². The lowest BCUT2D eigenvalue weighted by molar-refractivity contribution is -0.384. The van der Waals surface area contributed by atoms with Gasteiger partial charge in [-0.1, -0.05) is 17.7 Å². The molecule has 0 fully saturated rings. The van der Waals surface area contributed by atoms with E-state index in [1.165, 1.54) is 30.5 Å². The van der Waals surface area contributed by atoms with Crippen LogP contribution in [0.3, 0.4) is 0 Å². The Bertz CT molecular complexity index is 1200. The molecule has 0 bridgehead atoms. The van der Waals surface area contributed by atoms with Crippen LogP contribution >= 0.6 is 11.6 Å². The Morgan fingerprint density at radius 3 is 2.55 bits per heavy atom. The molecule has 0 aliphatic heterocycles. The molecule has 9 heteroatoms. The number of aryl methyl sites for hydroxylation is 2. The van der Waals surface area contributed by atoms with Crippen LogP contribution in [0.5, 0.6) is 11.5 Å². The van der Waals surface area contributed by atoms with Crippen molar-refractivity contribution in [3.8, 4) is 11.5 Å². The van der Waals surface area contributed by atoms with Gasteiger partial charge in [-0.2, -0.15) is 5.10 Å². The molecule has 3 rings (SSSR count). The molecule has 0 unspecified atom stereocenters. The van der Waals surface area contributed by atoms with Gasteiger partial charge in [0, 0.05) is 28.3 Å². The van der Waals surface area contributed by atoms with E-state index < -0.39 is 10.8 Å². The average molecular weight is 468 g/mol. The molecule has 0 aliphatic carbocycles. The second kappa shape index (κ2) is 10.6. The highest BCUT2D eigenvalue weighted by molar-refractivity contribution is 6.32. The predicted molar refractivity (Wildman–Crippen MR) is 126 cm³/mol. The number of ether oxygens (including phenoxy) is 2. The maximum atomic E-state index is 12.2. The molecule has 0 atom stereocenters. The molecule has 1 N–H and O–H groups in total. The van der Waals surface area contributed by atoms with Crippen LogP contribution in [0.4, 0.5) is 5.69 Å². The van der Waals surface area contributed by atoms with E-state index in [2.05, 4.69) is 10.5 Å². The highest BCUT2D eigenvalue weighted by Crippen LogP contribution is 2.27. The Labute approximate surface area is 195 Å². The summed E-state index contributed by atoms with van der Waals surface area (Å²) in [7, 11) is 1.57. The molecule has 0 aliphatic rings. The van der Waals surface area contributed by atoms with Crippen LogP contribution in [0.15, 0.2) is 59.7 Å². The standard InChI is InChI=1S/C24H22ClN3O5/c1-15-9-21(10-16(2)23(15)25)33-14-19-11-17(7-8-22(19)32-3)13-26-27-24(29)18-5-4-6-20(12-18)28(30)31/h4-13H,14H2,1-3H3,(H,27,29)/b26-13-. The van der Waals surface area contributed by atoms with Crippen molar-refractivity contribution in [3.63, 3.8) is 0 Å². The number of hydrogen-bond donors (Lipinski definition) is 1. The van der Waals surface area contributed by atoms with E-state index in [0.717, 1.165) is 16.7 Å². The second-order valence-electron chi connectivity index (χ2n) is 7.24. The third-order valence-corrected chi connectivity index (χ3v) is 5.40. The predicted octanol–water partition coefficient (Wildman–Crippen LogP) is 5.22. The van der Waals surface area contributed by atoms with Gasteiger partial charge in [0.05, 0.1) is 18.2 Å². The smallest absolute Gasteiger partial charge is 0.271 e. The second-order valence-corrected chi connectivity index (χ2v) is 7.62. The lowest BCUT2D eigenvalue weighted by atomic mass is 10.1. The minimum absolute atomic E-state index is 0.138. The van der Waals surface area contributed by atoms with E-state index in [9.17, 15) is 14.9 Å². The van der Waals surface area contributed by atoms with Crippen LogP contribution in [-0.2, 0) is 6.61 Å². The summed E-state index contributed by atoms with van der Waals surface area (Å²) in [5, 5.41) is 15.5. The highest BCUT2D eigenvalue weighted by Gasteiger charge is 2.11. The summed E-state index contributed by atoms with van der Waals surface area (Å²) in [6.45, 7) is 4.09. The molecule has 1 amide bonds. The van der Waals surface area contributed by atoms with Crippen molar-refractivity contribution in [1.29, 1.82) is 0 Å². The number of carbonyl (C=O) groups is 1. The summed E-state index contributed by atoms with van der Waals surface area (Å²) >= 11 is 6.22. The van der Waals surface area contributed by atoms with Crippen LogP contribution in [0.1, 0.15) is 32.6 Å². The zero-order valence-electron chi connectivity index (χ0n) is 18.3. The summed E-state index contributed by atoms with van der Waals surface area (Å²) in [4.78, 5) is 22.5. The van der Waals surface area contributed by atoms with E-state index in [4.69, 9.17) is 21.1 Å². The Morgan fingerprint density at radius 1 is 1.15 bits per heavy atom. The number of benzene rings is 3. The maximum Gasteiger partial charge on any atom is 0.271 e. The first-order chi connectivity index (χ1) is 15.8. The van der Waals surface area contributed by atoms with E-state index in [1.54, 1.807) is 19.2 Å². The minimum Gasteiger partial charge on any atom is -0.496 e. The van der Waals surface area contributed by atoms with E-state index in [1.807, 2.05) is 32.0 Å². The monoisotopic (exact) mass is 467 g/mol. The first-order valence-electron chi connectivity index (χ1n) is 9.93. The number of nitro benzene ring substituents is 1. The molecular weight excluding hydrogens is 446 g/mol. The summed E-state index contributed by atoms with van der Waals surface area (Å²) < 4.78 is 11.3. The summed E-state index contributed by atoms with van der Waals surface area (Å²) in [6.07, 6.45) is 1.47. The van der Waals surface area contributed by atoms with Gasteiger partial charge in [0.1, 0.15) is 18.1 Å². The molecule has 170 valence electrons. The zero-order valence-corrected chi connectivity index (χ0v) is 19.1. The fraction of sp³-hybridized carbons (Fsp3) is 0.167. The molecule has 3 aromatic rings. The fourth-order valence-electron chi connectivity index (χ4n) is 3.13. The molecule has 0 spiro atoms. The molecule has 0 heterocycles. The van der Waals surface area contributed by atoms with Crippen LogP contribution < -0.4 is 14.9 Å². The van der Waals surface area contributed by atoms with Crippen molar-refractivity contribution in [2.45, 2.75) is 20.5 Å². The quantitative estimate of drug-likeness (QED) is 0.278. The highest BCUT2D eigenvalue weighted by atomic mass is 35.5. The van der Waals surface area contributed by atoms with E-state index in [0.29, 0.717) is 22.1 Å². The summed E-state index contributed by atoms with van der Waals surface area (Å²) in [5.41, 5.74) is 5.69. The first-order valence-corrected chi connectivity index (χ1v) is 10.3. The molecule has 3 aromatic carbocycles. The number of methoxy groups -OCH3 is 1. The number of carbonyl (C=O) groups excluding carboxylic acids is 1. The van der Waals surface area contributed by atoms with Crippen LogP contribution in [0.25, 0.3) is 0 Å². The number of amides is 1. The Hall–Kier alpha value is -3.91. The average Bonchev–Trinajstić information content (AvgIpc) is 2.81. The van der Waals surface area contributed by atoms with Crippen LogP contribution in [-0.4, -0.2) is 24.2 Å². The van der Waals surface area contributed by atoms with Gasteiger partial charge < -0.3 is 9.47 Å². The van der Waals surface area contributed by atoms with E-state index in [-0.39, 0.29) is 17.9 Å². The number of nitro groups is 1. The van der Waals surface area contributed by atoms with Crippen molar-refractivity contribution < 1.29 is 19.2 Å². The fourth-order valence-corrected chi connectivity index (χ4v) is 3.24. The van der Waals surface area contributed by atoms with Gasteiger partial charge in [0.25, 0.3) is 11.6 Å². The van der Waals surface area contributed by atoms with Gasteiger partial charge >= 0.3 is 0 Å². The Balaban J connectivity index is 1.70. The molecule has 8 nitrogen and oxygen atoms in total. The van der Waals surface area contributed by atoms with Gasteiger partial charge in [-0.25, -0.2) is 5.43 Å². The number of rotatable bonds is 8. The van der Waals surface area contributed by atoms with Gasteiger partial charge in [-0.15, -0.1) is 0 Å². The topological polar surface area (TPSA) is 103 Å². The van der Waals surface area contributed by atoms with Crippen molar-refractivity contribution in [3.05, 3.63) is 97.6 Å². The largest absolute Gasteiger partial charge is 0.496 e. The molecule has 33 heavy (non-hydrogen) atoms. The summed E-state index contributed by atoms with van der Waals surface area (Å²) in [6, 6.07) is 14.5. The third-order valence-electron chi connectivity index (χ3n) is 4.81. The number of nitrogens with one attached hydrogen (secondary N) is 1. The van der Waals surface area contributed by atoms with Gasteiger partial charge in [0.15, 0.2) is 0 Å². The maximum absolute atomic E-state index is 12.2. The Kier molecular flexibility index (Phi) is 7.63. The first kappa shape index (κ1) is 23.7. The number of halogens is 1. The Morgan fingerprint density at radius 2 is 1.88 bits per heavy atom. The molecule has 0 saturated carbocycles. The molecular formula is C24H22ClN3O5. The van der Waals surface area contributed by atoms with Crippen molar-refractivity contribution >= 4 is 29.4 Å². The van der Waals surface area contributed by atoms with Crippen molar-refractivity contribution in [1.82, 2.24) is 5.43 Å². The van der Waals surface area contributed by atoms with Crippen molar-refractivity contribution in [2.75, 3.05) is 7.11 Å². The third kappa shape index (κ3) is 6.08. The molecule has 0 saturated heterocycles. The number of nitrogens with zero attached hydrogens (tertiary/aromatic N) is 2. The zero-order chi connectivity index (χ0) is 24.0. The molecule has 0 aromatic heterocycles. The lowest BCUT2D eigenvalue weighted by Crippen LogP contribution is -2.17.